The zero-order chi connectivity index (χ0) is 11.5. The van der Waals surface area contributed by atoms with Gasteiger partial charge in [0.2, 0.25) is 0 Å². The Hall–Kier alpha value is -0.640. The highest BCUT2D eigenvalue weighted by molar-refractivity contribution is 9.10. The first-order chi connectivity index (χ1) is 7.65. The van der Waals surface area contributed by atoms with Crippen molar-refractivity contribution in [2.75, 3.05) is 0 Å². The molecule has 0 saturated heterocycles. The maximum absolute atomic E-state index is 5.90. The lowest BCUT2D eigenvalue weighted by atomic mass is 10.1. The predicted octanol–water partition coefficient (Wildman–Crippen LogP) is 4.14. The van der Waals surface area contributed by atoms with Crippen LogP contribution in [0.4, 0.5) is 0 Å². The van der Waals surface area contributed by atoms with E-state index in [0.29, 0.717) is 11.6 Å². The van der Waals surface area contributed by atoms with Crippen LogP contribution in [0, 0.1) is 0 Å². The topological polar surface area (TPSA) is 25.8 Å². The van der Waals surface area contributed by atoms with E-state index in [2.05, 4.69) is 26.1 Å². The lowest BCUT2D eigenvalue weighted by Crippen LogP contribution is -1.95. The SMILES string of the molecule is Clc1cccc(Cc2cc(Br)c(Cl)nn2)c1. The summed E-state index contributed by atoms with van der Waals surface area (Å²) in [6.07, 6.45) is 0.684. The van der Waals surface area contributed by atoms with Crippen LogP contribution in [-0.2, 0) is 6.42 Å². The fraction of sp³-hybridized carbons (Fsp3) is 0.0909. The summed E-state index contributed by atoms with van der Waals surface area (Å²) in [7, 11) is 0. The average molecular weight is 318 g/mol. The average Bonchev–Trinajstić information content (AvgIpc) is 2.24. The molecular formula is C11H7BrCl2N2. The monoisotopic (exact) mass is 316 g/mol. The standard InChI is InChI=1S/C11H7BrCl2N2/c12-10-6-9(15-16-11(10)14)5-7-2-1-3-8(13)4-7/h1-4,6H,5H2. The van der Waals surface area contributed by atoms with Crippen molar-refractivity contribution in [1.29, 1.82) is 0 Å². The van der Waals surface area contributed by atoms with E-state index in [4.69, 9.17) is 23.2 Å². The van der Waals surface area contributed by atoms with Gasteiger partial charge in [0, 0.05) is 11.4 Å². The van der Waals surface area contributed by atoms with Crippen molar-refractivity contribution in [3.05, 3.63) is 56.2 Å². The third kappa shape index (κ3) is 2.94. The van der Waals surface area contributed by atoms with E-state index in [1.54, 1.807) is 0 Å². The van der Waals surface area contributed by atoms with Crippen LogP contribution < -0.4 is 0 Å². The number of rotatable bonds is 2. The second kappa shape index (κ2) is 5.13. The summed E-state index contributed by atoms with van der Waals surface area (Å²) in [5, 5.41) is 8.93. The summed E-state index contributed by atoms with van der Waals surface area (Å²) in [5.41, 5.74) is 1.94. The molecule has 0 bridgehead atoms. The van der Waals surface area contributed by atoms with Crippen molar-refractivity contribution in [1.82, 2.24) is 10.2 Å². The van der Waals surface area contributed by atoms with E-state index >= 15 is 0 Å². The third-order valence-electron chi connectivity index (χ3n) is 2.03. The normalized spacial score (nSPS) is 10.4. The molecule has 0 N–H and O–H groups in total. The van der Waals surface area contributed by atoms with Crippen molar-refractivity contribution < 1.29 is 0 Å². The molecule has 0 aliphatic rings. The highest BCUT2D eigenvalue weighted by Crippen LogP contribution is 2.21. The molecule has 0 unspecified atom stereocenters. The summed E-state index contributed by atoms with van der Waals surface area (Å²) >= 11 is 15.0. The van der Waals surface area contributed by atoms with Gasteiger partial charge in [-0.25, -0.2) is 0 Å². The lowest BCUT2D eigenvalue weighted by molar-refractivity contribution is 0.931. The minimum Gasteiger partial charge on any atom is -0.154 e. The van der Waals surface area contributed by atoms with Gasteiger partial charge >= 0.3 is 0 Å². The maximum Gasteiger partial charge on any atom is 0.165 e. The van der Waals surface area contributed by atoms with Crippen LogP contribution in [0.5, 0.6) is 0 Å². The minimum absolute atomic E-state index is 0.370. The van der Waals surface area contributed by atoms with Gasteiger partial charge in [0.25, 0.3) is 0 Å². The number of nitrogens with zero attached hydrogens (tertiary/aromatic N) is 2. The molecule has 0 atom stereocenters. The quantitative estimate of drug-likeness (QED) is 0.832. The van der Waals surface area contributed by atoms with Gasteiger partial charge in [-0.2, -0.15) is 5.10 Å². The number of benzene rings is 1. The van der Waals surface area contributed by atoms with Gasteiger partial charge in [0.15, 0.2) is 5.15 Å². The summed E-state index contributed by atoms with van der Waals surface area (Å²) in [5.74, 6) is 0. The summed E-state index contributed by atoms with van der Waals surface area (Å²) in [6, 6.07) is 9.52. The van der Waals surface area contributed by atoms with Gasteiger partial charge < -0.3 is 0 Å². The number of halogens is 3. The Morgan fingerprint density at radius 2 is 1.94 bits per heavy atom. The first-order valence-corrected chi connectivity index (χ1v) is 6.12. The second-order valence-electron chi connectivity index (χ2n) is 3.28. The van der Waals surface area contributed by atoms with E-state index in [1.165, 1.54) is 0 Å². The van der Waals surface area contributed by atoms with Crippen molar-refractivity contribution in [3.8, 4) is 0 Å². The Kier molecular flexibility index (Phi) is 3.79. The van der Waals surface area contributed by atoms with Crippen molar-refractivity contribution in [2.24, 2.45) is 0 Å². The summed E-state index contributed by atoms with van der Waals surface area (Å²) < 4.78 is 0.751. The van der Waals surface area contributed by atoms with E-state index in [1.807, 2.05) is 30.3 Å². The van der Waals surface area contributed by atoms with E-state index in [9.17, 15) is 0 Å². The first-order valence-electron chi connectivity index (χ1n) is 4.57. The Bertz CT molecular complexity index is 517. The smallest absolute Gasteiger partial charge is 0.154 e. The lowest BCUT2D eigenvalue weighted by Gasteiger charge is -2.02. The Labute approximate surface area is 112 Å². The molecule has 2 aromatic rings. The van der Waals surface area contributed by atoms with Gasteiger partial charge in [-0.15, -0.1) is 5.10 Å². The molecule has 5 heteroatoms. The molecule has 1 heterocycles. The molecule has 1 aromatic heterocycles. The Balaban J connectivity index is 2.24. The Morgan fingerprint density at radius 3 is 2.62 bits per heavy atom. The number of hydrogen-bond donors (Lipinski definition) is 0. The molecule has 0 fully saturated rings. The fourth-order valence-electron chi connectivity index (χ4n) is 1.33. The van der Waals surface area contributed by atoms with Crippen molar-refractivity contribution >= 4 is 39.1 Å². The molecule has 0 saturated carbocycles. The number of aromatic nitrogens is 2. The summed E-state index contributed by atoms with van der Waals surface area (Å²) in [4.78, 5) is 0. The first kappa shape index (κ1) is 11.8. The Morgan fingerprint density at radius 1 is 1.12 bits per heavy atom. The summed E-state index contributed by atoms with van der Waals surface area (Å²) in [6.45, 7) is 0. The van der Waals surface area contributed by atoms with Crippen molar-refractivity contribution in [2.45, 2.75) is 6.42 Å². The third-order valence-corrected chi connectivity index (χ3v) is 3.38. The predicted molar refractivity (Wildman–Crippen MR) is 69.0 cm³/mol. The van der Waals surface area contributed by atoms with Crippen molar-refractivity contribution in [3.63, 3.8) is 0 Å². The molecule has 2 nitrogen and oxygen atoms in total. The van der Waals surface area contributed by atoms with Crippen LogP contribution in [0.2, 0.25) is 10.2 Å². The highest BCUT2D eigenvalue weighted by Gasteiger charge is 2.03. The van der Waals surface area contributed by atoms with Crippen LogP contribution in [0.1, 0.15) is 11.3 Å². The molecular weight excluding hydrogens is 311 g/mol. The maximum atomic E-state index is 5.90. The molecule has 0 radical (unpaired) electrons. The molecule has 1 aromatic carbocycles. The van der Waals surface area contributed by atoms with E-state index in [0.717, 1.165) is 20.8 Å². The van der Waals surface area contributed by atoms with Crippen LogP contribution in [0.15, 0.2) is 34.8 Å². The molecule has 82 valence electrons. The molecule has 0 aliphatic carbocycles. The highest BCUT2D eigenvalue weighted by atomic mass is 79.9. The molecule has 0 aliphatic heterocycles. The van der Waals surface area contributed by atoms with Gasteiger partial charge in [-0.05, 0) is 39.7 Å². The van der Waals surface area contributed by atoms with Gasteiger partial charge in [0.1, 0.15) is 0 Å². The zero-order valence-corrected chi connectivity index (χ0v) is 11.2. The minimum atomic E-state index is 0.370. The molecule has 16 heavy (non-hydrogen) atoms. The van der Waals surface area contributed by atoms with Crippen LogP contribution in [0.25, 0.3) is 0 Å². The number of hydrogen-bond acceptors (Lipinski definition) is 2. The molecule has 0 spiro atoms. The molecule has 2 rings (SSSR count). The van der Waals surface area contributed by atoms with Gasteiger partial charge in [0.05, 0.1) is 10.2 Å². The fourth-order valence-corrected chi connectivity index (χ4v) is 1.98. The van der Waals surface area contributed by atoms with Gasteiger partial charge in [-0.3, -0.25) is 0 Å². The van der Waals surface area contributed by atoms with E-state index in [-0.39, 0.29) is 0 Å². The van der Waals surface area contributed by atoms with Crippen LogP contribution >= 0.6 is 39.1 Å². The second-order valence-corrected chi connectivity index (χ2v) is 4.93. The van der Waals surface area contributed by atoms with Crippen LogP contribution in [0.3, 0.4) is 0 Å². The van der Waals surface area contributed by atoms with Gasteiger partial charge in [-0.1, -0.05) is 35.3 Å². The van der Waals surface area contributed by atoms with Crippen LogP contribution in [-0.4, -0.2) is 10.2 Å². The van der Waals surface area contributed by atoms with E-state index < -0.39 is 0 Å². The zero-order valence-electron chi connectivity index (χ0n) is 8.12. The molecule has 0 amide bonds. The largest absolute Gasteiger partial charge is 0.165 e.